The van der Waals surface area contributed by atoms with Crippen molar-refractivity contribution in [2.45, 2.75) is 13.0 Å². The zero-order valence-electron chi connectivity index (χ0n) is 11.5. The van der Waals surface area contributed by atoms with Crippen LogP contribution in [0.2, 0.25) is 0 Å². The molecule has 0 saturated heterocycles. The van der Waals surface area contributed by atoms with Crippen LogP contribution in [0.3, 0.4) is 0 Å². The molecule has 0 unspecified atom stereocenters. The van der Waals surface area contributed by atoms with Crippen LogP contribution in [0.5, 0.6) is 5.75 Å². The van der Waals surface area contributed by atoms with Crippen LogP contribution in [0.1, 0.15) is 23.0 Å². The first kappa shape index (κ1) is 12.8. The second-order valence-electron chi connectivity index (χ2n) is 4.75. The Hall–Kier alpha value is -2.26. The Kier molecular flexibility index (Phi) is 3.20. The average molecular weight is 268 g/mol. The summed E-state index contributed by atoms with van der Waals surface area (Å²) in [6, 6.07) is 15.2. The van der Waals surface area contributed by atoms with E-state index in [4.69, 9.17) is 9.15 Å². The molecule has 0 aliphatic heterocycles. The fourth-order valence-electron chi connectivity index (χ4n) is 2.49. The van der Waals surface area contributed by atoms with Gasteiger partial charge in [0.15, 0.2) is 0 Å². The smallest absolute Gasteiger partial charge is 0.134 e. The molecule has 0 saturated carbocycles. The number of aliphatic hydroxyl groups excluding tert-OH is 1. The quantitative estimate of drug-likeness (QED) is 0.785. The summed E-state index contributed by atoms with van der Waals surface area (Å²) in [5.74, 6) is 1.48. The number of aryl methyl sites for hydroxylation is 1. The Morgan fingerprint density at radius 3 is 2.55 bits per heavy atom. The van der Waals surface area contributed by atoms with Crippen molar-refractivity contribution in [3.8, 4) is 5.75 Å². The van der Waals surface area contributed by atoms with Gasteiger partial charge in [0.2, 0.25) is 0 Å². The minimum atomic E-state index is -0.704. The molecule has 0 radical (unpaired) electrons. The predicted molar refractivity (Wildman–Crippen MR) is 78.0 cm³/mol. The van der Waals surface area contributed by atoms with Crippen molar-refractivity contribution in [1.82, 2.24) is 0 Å². The van der Waals surface area contributed by atoms with E-state index >= 15 is 0 Å². The monoisotopic (exact) mass is 268 g/mol. The average Bonchev–Trinajstić information content (AvgIpc) is 2.82. The first-order valence-electron chi connectivity index (χ1n) is 6.50. The first-order chi connectivity index (χ1) is 9.70. The van der Waals surface area contributed by atoms with Crippen LogP contribution >= 0.6 is 0 Å². The lowest BCUT2D eigenvalue weighted by molar-refractivity contribution is 0.219. The third-order valence-corrected chi connectivity index (χ3v) is 3.51. The minimum absolute atomic E-state index is 0.704. The van der Waals surface area contributed by atoms with E-state index in [-0.39, 0.29) is 0 Å². The number of rotatable bonds is 3. The highest BCUT2D eigenvalue weighted by Crippen LogP contribution is 2.35. The van der Waals surface area contributed by atoms with E-state index in [0.717, 1.165) is 33.6 Å². The summed E-state index contributed by atoms with van der Waals surface area (Å²) in [5.41, 5.74) is 2.40. The molecule has 20 heavy (non-hydrogen) atoms. The molecule has 0 spiro atoms. The molecule has 1 N–H and O–H groups in total. The third kappa shape index (κ3) is 2.06. The topological polar surface area (TPSA) is 42.6 Å². The number of fused-ring (bicyclic) bond motifs is 1. The van der Waals surface area contributed by atoms with Gasteiger partial charge in [-0.3, -0.25) is 0 Å². The van der Waals surface area contributed by atoms with Crippen molar-refractivity contribution < 1.29 is 14.3 Å². The minimum Gasteiger partial charge on any atom is -0.497 e. The van der Waals surface area contributed by atoms with E-state index in [0.29, 0.717) is 0 Å². The van der Waals surface area contributed by atoms with Crippen molar-refractivity contribution >= 4 is 11.0 Å². The molecule has 0 aliphatic rings. The maximum Gasteiger partial charge on any atom is 0.134 e. The number of furan rings is 1. The summed E-state index contributed by atoms with van der Waals surface area (Å²) in [4.78, 5) is 0. The Labute approximate surface area is 117 Å². The van der Waals surface area contributed by atoms with Crippen LogP contribution < -0.4 is 4.74 Å². The first-order valence-corrected chi connectivity index (χ1v) is 6.50. The normalized spacial score (nSPS) is 12.6. The molecule has 3 rings (SSSR count). The zero-order valence-corrected chi connectivity index (χ0v) is 11.5. The largest absolute Gasteiger partial charge is 0.497 e. The maximum absolute atomic E-state index is 10.6. The Balaban J connectivity index is 2.17. The molecule has 1 heterocycles. The van der Waals surface area contributed by atoms with Crippen molar-refractivity contribution in [2.75, 3.05) is 7.11 Å². The van der Waals surface area contributed by atoms with Gasteiger partial charge in [-0.25, -0.2) is 0 Å². The molecule has 3 aromatic rings. The lowest BCUT2D eigenvalue weighted by Crippen LogP contribution is -2.00. The van der Waals surface area contributed by atoms with E-state index in [1.165, 1.54) is 0 Å². The second kappa shape index (κ2) is 5.02. The summed E-state index contributed by atoms with van der Waals surface area (Å²) in [7, 11) is 1.63. The lowest BCUT2D eigenvalue weighted by atomic mass is 9.99. The predicted octanol–water partition coefficient (Wildman–Crippen LogP) is 3.83. The molecule has 1 atom stereocenters. The van der Waals surface area contributed by atoms with Crippen LogP contribution in [0.25, 0.3) is 11.0 Å². The number of hydrogen-bond acceptors (Lipinski definition) is 3. The Morgan fingerprint density at radius 2 is 1.85 bits per heavy atom. The van der Waals surface area contributed by atoms with Gasteiger partial charge in [0.05, 0.1) is 7.11 Å². The second-order valence-corrected chi connectivity index (χ2v) is 4.75. The molecule has 3 nitrogen and oxygen atoms in total. The van der Waals surface area contributed by atoms with Gasteiger partial charge in [-0.05, 0) is 30.7 Å². The Bertz CT molecular complexity index is 729. The standard InChI is InChI=1S/C17H16O3/c1-11-16(17(18)12-6-4-3-5-7-12)14-10-13(19-2)8-9-15(14)20-11/h3-10,17-18H,1-2H3/t17-/m0/s1. The van der Waals surface area contributed by atoms with E-state index in [9.17, 15) is 5.11 Å². The maximum atomic E-state index is 10.6. The van der Waals surface area contributed by atoms with Crippen molar-refractivity contribution in [2.24, 2.45) is 0 Å². The summed E-state index contributed by atoms with van der Waals surface area (Å²) in [6.45, 7) is 1.87. The van der Waals surface area contributed by atoms with Crippen molar-refractivity contribution in [1.29, 1.82) is 0 Å². The summed E-state index contributed by atoms with van der Waals surface area (Å²) in [6.07, 6.45) is -0.704. The van der Waals surface area contributed by atoms with E-state index in [1.807, 2.05) is 55.5 Å². The third-order valence-electron chi connectivity index (χ3n) is 3.51. The zero-order chi connectivity index (χ0) is 14.1. The van der Waals surface area contributed by atoms with Gasteiger partial charge in [-0.1, -0.05) is 30.3 Å². The van der Waals surface area contributed by atoms with Crippen LogP contribution in [-0.2, 0) is 0 Å². The highest BCUT2D eigenvalue weighted by Gasteiger charge is 2.20. The van der Waals surface area contributed by atoms with E-state index in [1.54, 1.807) is 7.11 Å². The van der Waals surface area contributed by atoms with Crippen LogP contribution in [-0.4, -0.2) is 12.2 Å². The van der Waals surface area contributed by atoms with Crippen molar-refractivity contribution in [3.05, 3.63) is 65.4 Å². The fraction of sp³-hybridized carbons (Fsp3) is 0.176. The number of hydrogen-bond donors (Lipinski definition) is 1. The van der Waals surface area contributed by atoms with Gasteiger partial charge in [-0.15, -0.1) is 0 Å². The van der Waals surface area contributed by atoms with Crippen LogP contribution in [0, 0.1) is 6.92 Å². The molecule has 0 fully saturated rings. The molecule has 2 aromatic carbocycles. The van der Waals surface area contributed by atoms with Gasteiger partial charge in [-0.2, -0.15) is 0 Å². The van der Waals surface area contributed by atoms with Gasteiger partial charge in [0, 0.05) is 10.9 Å². The fourth-order valence-corrected chi connectivity index (χ4v) is 2.49. The van der Waals surface area contributed by atoms with E-state index in [2.05, 4.69) is 0 Å². The summed E-state index contributed by atoms with van der Waals surface area (Å²) < 4.78 is 11.0. The van der Waals surface area contributed by atoms with Crippen LogP contribution in [0.15, 0.2) is 52.9 Å². The molecular weight excluding hydrogens is 252 g/mol. The highest BCUT2D eigenvalue weighted by molar-refractivity contribution is 5.84. The summed E-state index contributed by atoms with van der Waals surface area (Å²) >= 11 is 0. The van der Waals surface area contributed by atoms with Gasteiger partial charge >= 0.3 is 0 Å². The molecule has 1 aromatic heterocycles. The molecule has 0 amide bonds. The van der Waals surface area contributed by atoms with Crippen molar-refractivity contribution in [3.63, 3.8) is 0 Å². The molecule has 102 valence electrons. The number of methoxy groups -OCH3 is 1. The highest BCUT2D eigenvalue weighted by atomic mass is 16.5. The Morgan fingerprint density at radius 1 is 1.10 bits per heavy atom. The summed E-state index contributed by atoms with van der Waals surface area (Å²) in [5, 5.41) is 11.5. The van der Waals surface area contributed by atoms with Crippen LogP contribution in [0.4, 0.5) is 0 Å². The number of aliphatic hydroxyl groups is 1. The van der Waals surface area contributed by atoms with Gasteiger partial charge in [0.1, 0.15) is 23.2 Å². The SMILES string of the molecule is COc1ccc2oc(C)c([C@@H](O)c3ccccc3)c2c1. The molecular formula is C17H16O3. The molecule has 3 heteroatoms. The van der Waals surface area contributed by atoms with Gasteiger partial charge < -0.3 is 14.3 Å². The van der Waals surface area contributed by atoms with E-state index < -0.39 is 6.10 Å². The number of ether oxygens (including phenoxy) is 1. The van der Waals surface area contributed by atoms with Gasteiger partial charge in [0.25, 0.3) is 0 Å². The molecule has 0 bridgehead atoms. The molecule has 0 aliphatic carbocycles. The lowest BCUT2D eigenvalue weighted by Gasteiger charge is -2.11. The number of benzene rings is 2.